The first kappa shape index (κ1) is 12.9. The Morgan fingerprint density at radius 1 is 1.44 bits per heavy atom. The average molecular weight is 228 g/mol. The molecule has 0 aliphatic rings. The summed E-state index contributed by atoms with van der Waals surface area (Å²) in [6.45, 7) is 11.3. The fraction of sp³-hybridized carbons (Fsp3) is 0.583. The highest BCUT2D eigenvalue weighted by Gasteiger charge is 2.34. The SMILES string of the molecule is C=C(C)C(F)(F)c1cnn(CC(C)(C)C)c1. The highest BCUT2D eigenvalue weighted by molar-refractivity contribution is 5.22. The number of rotatable bonds is 3. The second-order valence-electron chi connectivity index (χ2n) is 5.34. The zero-order valence-corrected chi connectivity index (χ0v) is 10.2. The van der Waals surface area contributed by atoms with Crippen LogP contribution in [-0.2, 0) is 12.5 Å². The summed E-state index contributed by atoms with van der Waals surface area (Å²) in [4.78, 5) is 0. The summed E-state index contributed by atoms with van der Waals surface area (Å²) in [5.74, 6) is -2.99. The largest absolute Gasteiger partial charge is 0.297 e. The van der Waals surface area contributed by atoms with Crippen molar-refractivity contribution < 1.29 is 8.78 Å². The fourth-order valence-corrected chi connectivity index (χ4v) is 1.34. The minimum atomic E-state index is -2.99. The van der Waals surface area contributed by atoms with Crippen molar-refractivity contribution in [2.45, 2.75) is 40.2 Å². The minimum absolute atomic E-state index is 0.0157. The predicted octanol–water partition coefficient (Wildman–Crippen LogP) is 3.60. The molecule has 4 heteroatoms. The van der Waals surface area contributed by atoms with Crippen molar-refractivity contribution in [1.29, 1.82) is 0 Å². The van der Waals surface area contributed by atoms with Crippen molar-refractivity contribution >= 4 is 0 Å². The summed E-state index contributed by atoms with van der Waals surface area (Å²) in [6.07, 6.45) is 2.60. The van der Waals surface area contributed by atoms with E-state index in [1.165, 1.54) is 19.3 Å². The van der Waals surface area contributed by atoms with Gasteiger partial charge in [0.05, 0.1) is 11.8 Å². The summed E-state index contributed by atoms with van der Waals surface area (Å²) < 4.78 is 28.7. The maximum atomic E-state index is 13.6. The Hall–Kier alpha value is -1.19. The second kappa shape index (κ2) is 4.00. The van der Waals surface area contributed by atoms with E-state index in [2.05, 4.69) is 11.7 Å². The number of alkyl halides is 2. The van der Waals surface area contributed by atoms with Crippen molar-refractivity contribution in [3.63, 3.8) is 0 Å². The van der Waals surface area contributed by atoms with Crippen LogP contribution < -0.4 is 0 Å². The van der Waals surface area contributed by atoms with E-state index >= 15 is 0 Å². The smallest absolute Gasteiger partial charge is 0.272 e. The van der Waals surface area contributed by atoms with Gasteiger partial charge in [0, 0.05) is 12.7 Å². The highest BCUT2D eigenvalue weighted by atomic mass is 19.3. The molecule has 16 heavy (non-hydrogen) atoms. The second-order valence-corrected chi connectivity index (χ2v) is 5.34. The predicted molar refractivity (Wildman–Crippen MR) is 60.4 cm³/mol. The van der Waals surface area contributed by atoms with Crippen molar-refractivity contribution in [3.05, 3.63) is 30.1 Å². The molecule has 0 spiro atoms. The number of aromatic nitrogens is 2. The molecule has 0 aliphatic carbocycles. The molecule has 1 aromatic heterocycles. The average Bonchev–Trinajstić information content (AvgIpc) is 2.49. The molecular weight excluding hydrogens is 210 g/mol. The van der Waals surface area contributed by atoms with Crippen molar-refractivity contribution in [2.24, 2.45) is 5.41 Å². The van der Waals surface area contributed by atoms with Crippen LogP contribution in [0.25, 0.3) is 0 Å². The molecule has 0 amide bonds. The van der Waals surface area contributed by atoms with Gasteiger partial charge >= 0.3 is 0 Å². The van der Waals surface area contributed by atoms with Crippen LogP contribution in [0, 0.1) is 5.41 Å². The summed E-state index contributed by atoms with van der Waals surface area (Å²) >= 11 is 0. The first-order chi connectivity index (χ1) is 7.13. The molecule has 1 aromatic rings. The summed E-state index contributed by atoms with van der Waals surface area (Å²) in [6, 6.07) is 0. The third kappa shape index (κ3) is 2.90. The van der Waals surface area contributed by atoms with E-state index in [0.29, 0.717) is 6.54 Å². The van der Waals surface area contributed by atoms with Crippen LogP contribution in [0.15, 0.2) is 24.5 Å². The normalized spacial score (nSPS) is 12.9. The number of halogens is 2. The molecule has 1 rings (SSSR count). The number of hydrogen-bond donors (Lipinski definition) is 0. The van der Waals surface area contributed by atoms with Crippen LogP contribution in [0.1, 0.15) is 33.3 Å². The monoisotopic (exact) mass is 228 g/mol. The van der Waals surface area contributed by atoms with Gasteiger partial charge in [-0.25, -0.2) is 0 Å². The van der Waals surface area contributed by atoms with E-state index in [-0.39, 0.29) is 16.6 Å². The lowest BCUT2D eigenvalue weighted by molar-refractivity contribution is 0.0384. The van der Waals surface area contributed by atoms with Crippen molar-refractivity contribution in [3.8, 4) is 0 Å². The number of hydrogen-bond acceptors (Lipinski definition) is 1. The van der Waals surface area contributed by atoms with Gasteiger partial charge < -0.3 is 0 Å². The Morgan fingerprint density at radius 3 is 2.44 bits per heavy atom. The van der Waals surface area contributed by atoms with Gasteiger partial charge in [-0.15, -0.1) is 0 Å². The van der Waals surface area contributed by atoms with Crippen LogP contribution in [0.2, 0.25) is 0 Å². The lowest BCUT2D eigenvalue weighted by Crippen LogP contribution is -2.16. The third-order valence-electron chi connectivity index (χ3n) is 2.17. The lowest BCUT2D eigenvalue weighted by Gasteiger charge is -2.18. The quantitative estimate of drug-likeness (QED) is 0.723. The topological polar surface area (TPSA) is 17.8 Å². The van der Waals surface area contributed by atoms with Crippen LogP contribution in [0.3, 0.4) is 0 Å². The maximum absolute atomic E-state index is 13.6. The molecule has 0 N–H and O–H groups in total. The van der Waals surface area contributed by atoms with Crippen molar-refractivity contribution in [1.82, 2.24) is 9.78 Å². The molecule has 0 atom stereocenters. The van der Waals surface area contributed by atoms with Gasteiger partial charge in [-0.1, -0.05) is 27.4 Å². The number of nitrogens with zero attached hydrogens (tertiary/aromatic N) is 2. The zero-order chi connectivity index (χ0) is 12.6. The Balaban J connectivity index is 2.92. The summed E-state index contributed by atoms with van der Waals surface area (Å²) in [5.41, 5.74) is -0.242. The minimum Gasteiger partial charge on any atom is -0.272 e. The molecule has 90 valence electrons. The Bertz CT molecular complexity index is 386. The molecule has 0 unspecified atom stereocenters. The zero-order valence-electron chi connectivity index (χ0n) is 10.2. The van der Waals surface area contributed by atoms with E-state index in [9.17, 15) is 8.78 Å². The van der Waals surface area contributed by atoms with Gasteiger partial charge in [0.15, 0.2) is 0 Å². The van der Waals surface area contributed by atoms with Gasteiger partial charge in [-0.3, -0.25) is 4.68 Å². The van der Waals surface area contributed by atoms with Gasteiger partial charge in [0.25, 0.3) is 5.92 Å². The van der Waals surface area contributed by atoms with E-state index in [1.54, 1.807) is 4.68 Å². The lowest BCUT2D eigenvalue weighted by atomic mass is 9.97. The Kier molecular flexibility index (Phi) is 3.22. The van der Waals surface area contributed by atoms with Crippen LogP contribution in [0.5, 0.6) is 0 Å². The number of allylic oxidation sites excluding steroid dienone is 1. The standard InChI is InChI=1S/C12H18F2N2/c1-9(2)12(13,14)10-6-15-16(7-10)8-11(3,4)5/h6-7H,1,8H2,2-5H3. The highest BCUT2D eigenvalue weighted by Crippen LogP contribution is 2.34. The molecule has 0 aromatic carbocycles. The van der Waals surface area contributed by atoms with E-state index in [1.807, 2.05) is 20.8 Å². The first-order valence-electron chi connectivity index (χ1n) is 5.20. The van der Waals surface area contributed by atoms with Crippen LogP contribution in [0.4, 0.5) is 8.78 Å². The molecule has 2 nitrogen and oxygen atoms in total. The van der Waals surface area contributed by atoms with Crippen LogP contribution in [-0.4, -0.2) is 9.78 Å². The fourth-order valence-electron chi connectivity index (χ4n) is 1.34. The first-order valence-corrected chi connectivity index (χ1v) is 5.20. The molecular formula is C12H18F2N2. The summed E-state index contributed by atoms with van der Waals surface area (Å²) in [5, 5.41) is 3.95. The molecule has 0 radical (unpaired) electrons. The van der Waals surface area contributed by atoms with Gasteiger partial charge in [-0.05, 0) is 17.9 Å². The summed E-state index contributed by atoms with van der Waals surface area (Å²) in [7, 11) is 0. The Morgan fingerprint density at radius 2 is 2.00 bits per heavy atom. The van der Waals surface area contributed by atoms with Gasteiger partial charge in [0.1, 0.15) is 0 Å². The molecule has 1 heterocycles. The van der Waals surface area contributed by atoms with Crippen molar-refractivity contribution in [2.75, 3.05) is 0 Å². The third-order valence-corrected chi connectivity index (χ3v) is 2.17. The van der Waals surface area contributed by atoms with E-state index in [4.69, 9.17) is 0 Å². The maximum Gasteiger partial charge on any atom is 0.297 e. The van der Waals surface area contributed by atoms with E-state index in [0.717, 1.165) is 0 Å². The molecule has 0 aliphatic heterocycles. The van der Waals surface area contributed by atoms with E-state index < -0.39 is 5.92 Å². The molecule has 0 bridgehead atoms. The molecule has 0 saturated carbocycles. The Labute approximate surface area is 95.0 Å². The van der Waals surface area contributed by atoms with Crippen LogP contribution >= 0.6 is 0 Å². The molecule has 0 fully saturated rings. The molecule has 0 saturated heterocycles. The van der Waals surface area contributed by atoms with Gasteiger partial charge in [-0.2, -0.15) is 13.9 Å². The van der Waals surface area contributed by atoms with Gasteiger partial charge in [0.2, 0.25) is 0 Å².